The first-order valence-electron chi connectivity index (χ1n) is 6.99. The van der Waals surface area contributed by atoms with E-state index in [1.807, 2.05) is 0 Å². The van der Waals surface area contributed by atoms with Gasteiger partial charge in [0.15, 0.2) is 0 Å². The van der Waals surface area contributed by atoms with Crippen LogP contribution >= 0.6 is 0 Å². The lowest BCUT2D eigenvalue weighted by atomic mass is 10.0. The minimum absolute atomic E-state index is 0.0302. The van der Waals surface area contributed by atoms with Gasteiger partial charge in [-0.1, -0.05) is 0 Å². The Labute approximate surface area is 124 Å². The van der Waals surface area contributed by atoms with Crippen molar-refractivity contribution >= 4 is 21.6 Å². The summed E-state index contributed by atoms with van der Waals surface area (Å²) in [5, 5.41) is 9.27. The second-order valence-electron chi connectivity index (χ2n) is 5.54. The van der Waals surface area contributed by atoms with E-state index in [-0.39, 0.29) is 23.9 Å². The molecule has 1 N–H and O–H groups in total. The van der Waals surface area contributed by atoms with Crippen LogP contribution in [0.3, 0.4) is 0 Å². The molecule has 2 heterocycles. The van der Waals surface area contributed by atoms with Crippen molar-refractivity contribution < 1.29 is 18.3 Å². The Morgan fingerprint density at radius 3 is 2.67 bits per heavy atom. The number of rotatable bonds is 2. The molecule has 1 aromatic carbocycles. The van der Waals surface area contributed by atoms with Crippen molar-refractivity contribution in [2.45, 2.75) is 30.8 Å². The summed E-state index contributed by atoms with van der Waals surface area (Å²) < 4.78 is 26.1. The second-order valence-corrected chi connectivity index (χ2v) is 7.48. The van der Waals surface area contributed by atoms with Gasteiger partial charge in [0.1, 0.15) is 0 Å². The molecule has 1 fully saturated rings. The first-order chi connectivity index (χ1) is 9.89. The molecule has 114 valence electrons. The Bertz CT molecular complexity index is 680. The highest BCUT2D eigenvalue weighted by Gasteiger charge is 2.36. The zero-order valence-corrected chi connectivity index (χ0v) is 12.6. The normalized spacial score (nSPS) is 20.0. The molecule has 6 nitrogen and oxygen atoms in total. The molecule has 0 radical (unpaired) electrons. The van der Waals surface area contributed by atoms with Gasteiger partial charge in [-0.15, -0.1) is 0 Å². The number of amides is 1. The van der Waals surface area contributed by atoms with Crippen molar-refractivity contribution in [3.8, 4) is 0 Å². The van der Waals surface area contributed by atoms with Crippen molar-refractivity contribution in [3.63, 3.8) is 0 Å². The number of nitrogens with zero attached hydrogens (tertiary/aromatic N) is 2. The van der Waals surface area contributed by atoms with Crippen LogP contribution in [-0.2, 0) is 21.2 Å². The molecular weight excluding hydrogens is 292 g/mol. The summed E-state index contributed by atoms with van der Waals surface area (Å²) in [6.07, 6.45) is 1.04. The van der Waals surface area contributed by atoms with E-state index in [1.165, 1.54) is 11.2 Å². The lowest BCUT2D eigenvalue weighted by molar-refractivity contribution is -0.116. The van der Waals surface area contributed by atoms with Crippen molar-refractivity contribution in [3.05, 3.63) is 23.8 Å². The summed E-state index contributed by atoms with van der Waals surface area (Å²) in [6.45, 7) is 2.49. The van der Waals surface area contributed by atoms with Crippen LogP contribution in [0.15, 0.2) is 23.1 Å². The van der Waals surface area contributed by atoms with Gasteiger partial charge in [-0.3, -0.25) is 4.79 Å². The third-order valence-corrected chi connectivity index (χ3v) is 5.84. The van der Waals surface area contributed by atoms with Crippen molar-refractivity contribution in [2.75, 3.05) is 24.5 Å². The highest BCUT2D eigenvalue weighted by molar-refractivity contribution is 7.89. The lowest BCUT2D eigenvalue weighted by Gasteiger charge is -2.35. The quantitative estimate of drug-likeness (QED) is 0.855. The standard InChI is InChI=1S/C14H18N2O4S/c1-10(17)16-6-2-3-11-7-13(4-5-14(11)16)21(19,20)15-8-12(18)9-15/h4-5,7,12,18H,2-3,6,8-9H2,1H3. The van der Waals surface area contributed by atoms with Gasteiger partial charge in [0.25, 0.3) is 0 Å². The van der Waals surface area contributed by atoms with Gasteiger partial charge in [0.05, 0.1) is 11.0 Å². The zero-order chi connectivity index (χ0) is 15.2. The van der Waals surface area contributed by atoms with Gasteiger partial charge in [-0.2, -0.15) is 4.31 Å². The first-order valence-corrected chi connectivity index (χ1v) is 8.43. The number of aliphatic hydroxyl groups is 1. The highest BCUT2D eigenvalue weighted by Crippen LogP contribution is 2.31. The number of carbonyl (C=O) groups excluding carboxylic acids is 1. The number of benzene rings is 1. The number of carbonyl (C=O) groups is 1. The van der Waals surface area contributed by atoms with E-state index in [0.29, 0.717) is 6.54 Å². The van der Waals surface area contributed by atoms with Gasteiger partial charge >= 0.3 is 0 Å². The van der Waals surface area contributed by atoms with E-state index in [1.54, 1.807) is 23.1 Å². The number of aliphatic hydroxyl groups excluding tert-OH is 1. The number of aryl methyl sites for hydroxylation is 1. The molecule has 0 aromatic heterocycles. The minimum atomic E-state index is -3.54. The van der Waals surface area contributed by atoms with Crippen LogP contribution in [0.4, 0.5) is 5.69 Å². The lowest BCUT2D eigenvalue weighted by Crippen LogP contribution is -2.53. The number of β-amino-alcohol motifs (C(OH)–C–C–N with tert-alkyl or cyclic N) is 1. The molecule has 1 amide bonds. The smallest absolute Gasteiger partial charge is 0.243 e. The van der Waals surface area contributed by atoms with E-state index >= 15 is 0 Å². The molecule has 2 aliphatic rings. The van der Waals surface area contributed by atoms with E-state index in [0.717, 1.165) is 24.1 Å². The molecular formula is C14H18N2O4S. The molecule has 1 saturated heterocycles. The van der Waals surface area contributed by atoms with E-state index in [2.05, 4.69) is 0 Å². The van der Waals surface area contributed by atoms with Crippen molar-refractivity contribution in [1.29, 1.82) is 0 Å². The fraction of sp³-hybridized carbons (Fsp3) is 0.500. The average molecular weight is 310 g/mol. The Morgan fingerprint density at radius 2 is 2.05 bits per heavy atom. The average Bonchev–Trinajstić information content (AvgIpc) is 2.42. The SMILES string of the molecule is CC(=O)N1CCCc2cc(S(=O)(=O)N3CC(O)C3)ccc21. The topological polar surface area (TPSA) is 77.9 Å². The molecule has 0 spiro atoms. The molecule has 0 unspecified atom stereocenters. The molecule has 0 aliphatic carbocycles. The second kappa shape index (κ2) is 5.08. The van der Waals surface area contributed by atoms with Crippen LogP contribution in [0.5, 0.6) is 0 Å². The number of hydrogen-bond acceptors (Lipinski definition) is 4. The van der Waals surface area contributed by atoms with Gasteiger partial charge in [-0.25, -0.2) is 8.42 Å². The Kier molecular flexibility index (Phi) is 3.51. The maximum absolute atomic E-state index is 12.4. The van der Waals surface area contributed by atoms with Gasteiger partial charge in [0, 0.05) is 32.2 Å². The molecule has 21 heavy (non-hydrogen) atoms. The van der Waals surface area contributed by atoms with Crippen LogP contribution in [-0.4, -0.2) is 49.5 Å². The molecule has 0 atom stereocenters. The molecule has 3 rings (SSSR count). The molecule has 1 aromatic rings. The Morgan fingerprint density at radius 1 is 1.33 bits per heavy atom. The van der Waals surface area contributed by atoms with Gasteiger partial charge in [0.2, 0.25) is 15.9 Å². The fourth-order valence-electron chi connectivity index (χ4n) is 2.82. The summed E-state index contributed by atoms with van der Waals surface area (Å²) in [6, 6.07) is 4.91. The monoisotopic (exact) mass is 310 g/mol. The zero-order valence-electron chi connectivity index (χ0n) is 11.8. The third-order valence-electron chi connectivity index (χ3n) is 4.02. The van der Waals surface area contributed by atoms with Crippen LogP contribution in [0, 0.1) is 0 Å². The highest BCUT2D eigenvalue weighted by atomic mass is 32.2. The van der Waals surface area contributed by atoms with Crippen LogP contribution < -0.4 is 4.90 Å². The Balaban J connectivity index is 1.95. The maximum atomic E-state index is 12.4. The summed E-state index contributed by atoms with van der Waals surface area (Å²) in [7, 11) is -3.54. The third kappa shape index (κ3) is 2.45. The fourth-order valence-corrected chi connectivity index (χ4v) is 4.39. The van der Waals surface area contributed by atoms with Gasteiger partial charge in [-0.05, 0) is 36.6 Å². The van der Waals surface area contributed by atoms with Crippen LogP contribution in [0.25, 0.3) is 0 Å². The predicted molar refractivity (Wildman–Crippen MR) is 77.6 cm³/mol. The number of sulfonamides is 1. The van der Waals surface area contributed by atoms with Crippen LogP contribution in [0.2, 0.25) is 0 Å². The maximum Gasteiger partial charge on any atom is 0.243 e. The molecule has 0 bridgehead atoms. The first kappa shape index (κ1) is 14.5. The molecule has 0 saturated carbocycles. The van der Waals surface area contributed by atoms with Crippen molar-refractivity contribution in [2.24, 2.45) is 0 Å². The number of fused-ring (bicyclic) bond motifs is 1. The molecule has 7 heteroatoms. The summed E-state index contributed by atoms with van der Waals surface area (Å²) in [5.74, 6) is -0.0302. The van der Waals surface area contributed by atoms with Crippen molar-refractivity contribution in [1.82, 2.24) is 4.31 Å². The minimum Gasteiger partial charge on any atom is -0.390 e. The Hall–Kier alpha value is -1.44. The summed E-state index contributed by atoms with van der Waals surface area (Å²) in [4.78, 5) is 13.5. The van der Waals surface area contributed by atoms with Gasteiger partial charge < -0.3 is 10.0 Å². The molecule has 2 aliphatic heterocycles. The van der Waals surface area contributed by atoms with E-state index < -0.39 is 16.1 Å². The summed E-state index contributed by atoms with van der Waals surface area (Å²) in [5.41, 5.74) is 1.69. The van der Waals surface area contributed by atoms with E-state index in [4.69, 9.17) is 0 Å². The number of anilines is 1. The largest absolute Gasteiger partial charge is 0.390 e. The summed E-state index contributed by atoms with van der Waals surface area (Å²) >= 11 is 0. The van der Waals surface area contributed by atoms with Crippen LogP contribution in [0.1, 0.15) is 18.9 Å². The predicted octanol–water partition coefficient (Wildman–Crippen LogP) is 0.351. The van der Waals surface area contributed by atoms with E-state index in [9.17, 15) is 18.3 Å². The number of hydrogen-bond donors (Lipinski definition) is 1.